The van der Waals surface area contributed by atoms with Crippen molar-refractivity contribution in [2.45, 2.75) is 71.8 Å². The topological polar surface area (TPSA) is 73.0 Å². The first-order valence-electron chi connectivity index (χ1n) is 10.4. The average molecular weight is 409 g/mol. The van der Waals surface area contributed by atoms with Crippen LogP contribution in [-0.2, 0) is 22.2 Å². The van der Waals surface area contributed by atoms with Crippen LogP contribution >= 0.6 is 0 Å². The minimum atomic E-state index is -0.224. The number of hydrogen-bond donors (Lipinski definition) is 1. The van der Waals surface area contributed by atoms with Crippen molar-refractivity contribution in [1.29, 1.82) is 0 Å². The van der Waals surface area contributed by atoms with E-state index in [1.807, 2.05) is 41.1 Å². The summed E-state index contributed by atoms with van der Waals surface area (Å²) in [6.07, 6.45) is 3.41. The number of amides is 1. The zero-order valence-electron chi connectivity index (χ0n) is 18.8. The molecule has 0 saturated heterocycles. The molecule has 30 heavy (non-hydrogen) atoms. The van der Waals surface area contributed by atoms with Crippen LogP contribution < -0.4 is 5.32 Å². The second-order valence-electron chi connectivity index (χ2n) is 9.63. The fraction of sp³-hybridized carbons (Fsp3) is 0.458. The van der Waals surface area contributed by atoms with E-state index in [0.717, 1.165) is 22.8 Å². The Labute approximate surface area is 178 Å². The molecule has 3 rings (SSSR count). The van der Waals surface area contributed by atoms with Crippen molar-refractivity contribution in [2.75, 3.05) is 5.32 Å². The molecule has 0 aliphatic carbocycles. The van der Waals surface area contributed by atoms with Crippen LogP contribution in [-0.4, -0.2) is 20.7 Å². The summed E-state index contributed by atoms with van der Waals surface area (Å²) in [6, 6.07) is 11.9. The van der Waals surface area contributed by atoms with Gasteiger partial charge in [0.2, 0.25) is 5.91 Å². The van der Waals surface area contributed by atoms with Gasteiger partial charge in [0, 0.05) is 29.9 Å². The monoisotopic (exact) mass is 408 g/mol. The highest BCUT2D eigenvalue weighted by Crippen LogP contribution is 2.28. The molecule has 2 aromatic heterocycles. The van der Waals surface area contributed by atoms with Crippen molar-refractivity contribution < 1.29 is 9.21 Å². The lowest BCUT2D eigenvalue weighted by molar-refractivity contribution is -0.116. The molecule has 6 heteroatoms. The summed E-state index contributed by atoms with van der Waals surface area (Å²) in [5, 5.41) is 7.78. The van der Waals surface area contributed by atoms with Gasteiger partial charge in [-0.1, -0.05) is 51.1 Å². The predicted molar refractivity (Wildman–Crippen MR) is 119 cm³/mol. The van der Waals surface area contributed by atoms with Crippen LogP contribution in [0.2, 0.25) is 0 Å². The molecule has 1 aromatic carbocycles. The second-order valence-corrected chi connectivity index (χ2v) is 9.63. The summed E-state index contributed by atoms with van der Waals surface area (Å²) in [5.74, 6) is 2.10. The summed E-state index contributed by atoms with van der Waals surface area (Å²) in [6.45, 7) is 12.6. The molecular formula is C24H32N4O2. The Balaban J connectivity index is 1.59. The van der Waals surface area contributed by atoms with Crippen molar-refractivity contribution in [3.63, 3.8) is 0 Å². The molecule has 6 nitrogen and oxygen atoms in total. The number of oxazole rings is 1. The lowest BCUT2D eigenvalue weighted by Crippen LogP contribution is -2.27. The van der Waals surface area contributed by atoms with Crippen molar-refractivity contribution in [2.24, 2.45) is 0 Å². The number of nitrogens with one attached hydrogen (secondary N) is 1. The SMILES string of the molecule is CC(C)(C)c1cc(NC(=O)CCCc2ncc(-c3ccccc3)o2)n(C(C)(C)C)n1. The van der Waals surface area contributed by atoms with Gasteiger partial charge in [0.1, 0.15) is 5.82 Å². The summed E-state index contributed by atoms with van der Waals surface area (Å²) in [7, 11) is 0. The van der Waals surface area contributed by atoms with Gasteiger partial charge in [0.15, 0.2) is 11.7 Å². The fourth-order valence-corrected chi connectivity index (χ4v) is 3.12. The minimum Gasteiger partial charge on any atom is -0.441 e. The third kappa shape index (κ3) is 5.38. The molecular weight excluding hydrogens is 376 g/mol. The van der Waals surface area contributed by atoms with Gasteiger partial charge < -0.3 is 9.73 Å². The smallest absolute Gasteiger partial charge is 0.225 e. The first-order chi connectivity index (χ1) is 14.0. The number of nitrogens with zero attached hydrogens (tertiary/aromatic N) is 3. The molecule has 0 saturated carbocycles. The number of hydrogen-bond acceptors (Lipinski definition) is 4. The number of carbonyl (C=O) groups is 1. The van der Waals surface area contributed by atoms with E-state index in [9.17, 15) is 4.79 Å². The average Bonchev–Trinajstić information content (AvgIpc) is 3.29. The molecule has 0 aliphatic heterocycles. The van der Waals surface area contributed by atoms with E-state index in [0.29, 0.717) is 25.2 Å². The summed E-state index contributed by atoms with van der Waals surface area (Å²) < 4.78 is 7.71. The fourth-order valence-electron chi connectivity index (χ4n) is 3.12. The Morgan fingerprint density at radius 1 is 1.10 bits per heavy atom. The molecule has 2 heterocycles. The van der Waals surface area contributed by atoms with Crippen molar-refractivity contribution in [3.05, 3.63) is 54.2 Å². The molecule has 0 aliphatic rings. The Morgan fingerprint density at radius 3 is 2.43 bits per heavy atom. The first-order valence-corrected chi connectivity index (χ1v) is 10.4. The van der Waals surface area contributed by atoms with Gasteiger partial charge in [-0.25, -0.2) is 9.67 Å². The first kappa shape index (κ1) is 21.8. The molecule has 1 amide bonds. The van der Waals surface area contributed by atoms with Gasteiger partial charge in [-0.15, -0.1) is 0 Å². The summed E-state index contributed by atoms with van der Waals surface area (Å²) >= 11 is 0. The standard InChI is InChI=1S/C24H32N4O2/c1-23(2,3)19-15-20(28(27-19)24(4,5)6)26-21(29)13-10-14-22-25-16-18(30-22)17-11-8-7-9-12-17/h7-9,11-12,15-16H,10,13-14H2,1-6H3,(H,26,29). The van der Waals surface area contributed by atoms with Crippen molar-refractivity contribution in [3.8, 4) is 11.3 Å². The van der Waals surface area contributed by atoms with Gasteiger partial charge in [0.05, 0.1) is 17.4 Å². The largest absolute Gasteiger partial charge is 0.441 e. The van der Waals surface area contributed by atoms with Crippen LogP contribution in [0.3, 0.4) is 0 Å². The lowest BCUT2D eigenvalue weighted by Gasteiger charge is -2.23. The lowest BCUT2D eigenvalue weighted by atomic mass is 9.92. The van der Waals surface area contributed by atoms with E-state index in [1.165, 1.54) is 0 Å². The molecule has 0 bridgehead atoms. The number of rotatable bonds is 6. The Kier molecular flexibility index (Phi) is 6.15. The van der Waals surface area contributed by atoms with Crippen LogP contribution in [0.15, 0.2) is 47.0 Å². The van der Waals surface area contributed by atoms with Gasteiger partial charge >= 0.3 is 0 Å². The van der Waals surface area contributed by atoms with Crippen LogP contribution in [0, 0.1) is 0 Å². The third-order valence-electron chi connectivity index (χ3n) is 4.79. The highest BCUT2D eigenvalue weighted by molar-refractivity contribution is 5.90. The Hall–Kier alpha value is -2.89. The zero-order valence-corrected chi connectivity index (χ0v) is 18.8. The van der Waals surface area contributed by atoms with E-state index >= 15 is 0 Å². The number of anilines is 1. The highest BCUT2D eigenvalue weighted by atomic mass is 16.4. The number of aromatic nitrogens is 3. The molecule has 160 valence electrons. The minimum absolute atomic E-state index is 0.0318. The van der Waals surface area contributed by atoms with E-state index in [-0.39, 0.29) is 16.9 Å². The van der Waals surface area contributed by atoms with E-state index < -0.39 is 0 Å². The quantitative estimate of drug-likeness (QED) is 0.580. The summed E-state index contributed by atoms with van der Waals surface area (Å²) in [4.78, 5) is 16.9. The van der Waals surface area contributed by atoms with Crippen LogP contribution in [0.5, 0.6) is 0 Å². The van der Waals surface area contributed by atoms with Gasteiger partial charge in [-0.05, 0) is 27.2 Å². The molecule has 0 atom stereocenters. The molecule has 0 spiro atoms. The van der Waals surface area contributed by atoms with Gasteiger partial charge in [-0.3, -0.25) is 4.79 Å². The second kappa shape index (κ2) is 8.46. The summed E-state index contributed by atoms with van der Waals surface area (Å²) in [5.41, 5.74) is 1.65. The molecule has 0 unspecified atom stereocenters. The maximum absolute atomic E-state index is 12.6. The van der Waals surface area contributed by atoms with Crippen molar-refractivity contribution in [1.82, 2.24) is 14.8 Å². The maximum Gasteiger partial charge on any atom is 0.225 e. The van der Waals surface area contributed by atoms with Gasteiger partial charge in [-0.2, -0.15) is 5.10 Å². The van der Waals surface area contributed by atoms with E-state index in [2.05, 4.69) is 51.8 Å². The molecule has 0 fully saturated rings. The molecule has 0 radical (unpaired) electrons. The van der Waals surface area contributed by atoms with Crippen molar-refractivity contribution >= 4 is 11.7 Å². The van der Waals surface area contributed by atoms with E-state index in [4.69, 9.17) is 9.52 Å². The Bertz CT molecular complexity index is 988. The zero-order chi connectivity index (χ0) is 21.9. The van der Waals surface area contributed by atoms with Crippen LogP contribution in [0.25, 0.3) is 11.3 Å². The van der Waals surface area contributed by atoms with E-state index in [1.54, 1.807) is 6.20 Å². The molecule has 3 aromatic rings. The number of benzene rings is 1. The molecule has 1 N–H and O–H groups in total. The predicted octanol–water partition coefficient (Wildman–Crippen LogP) is 5.55. The number of aryl methyl sites for hydroxylation is 1. The maximum atomic E-state index is 12.6. The van der Waals surface area contributed by atoms with Crippen LogP contribution in [0.1, 0.15) is 66.0 Å². The highest BCUT2D eigenvalue weighted by Gasteiger charge is 2.25. The van der Waals surface area contributed by atoms with Gasteiger partial charge in [0.25, 0.3) is 0 Å². The number of carbonyl (C=O) groups excluding carboxylic acids is 1. The third-order valence-corrected chi connectivity index (χ3v) is 4.79. The Morgan fingerprint density at radius 2 is 1.80 bits per heavy atom. The van der Waals surface area contributed by atoms with Crippen LogP contribution in [0.4, 0.5) is 5.82 Å². The normalized spacial score (nSPS) is 12.2.